The highest BCUT2D eigenvalue weighted by Crippen LogP contribution is 2.16. The molecule has 2 saturated heterocycles. The molecule has 92 valence electrons. The summed E-state index contributed by atoms with van der Waals surface area (Å²) in [7, 11) is 0. The van der Waals surface area contributed by atoms with Gasteiger partial charge in [-0.15, -0.1) is 0 Å². The largest absolute Gasteiger partial charge is 0.377 e. The lowest BCUT2D eigenvalue weighted by Crippen LogP contribution is -2.47. The van der Waals surface area contributed by atoms with E-state index in [4.69, 9.17) is 10.5 Å². The fraction of sp³-hybridized carbons (Fsp3) is 0.909. The van der Waals surface area contributed by atoms with Gasteiger partial charge in [0.05, 0.1) is 6.10 Å². The van der Waals surface area contributed by atoms with Gasteiger partial charge in [0.25, 0.3) is 0 Å². The highest BCUT2D eigenvalue weighted by Gasteiger charge is 2.24. The third-order valence-electron chi connectivity index (χ3n) is 3.42. The van der Waals surface area contributed by atoms with E-state index in [1.165, 1.54) is 12.8 Å². The smallest absolute Gasteiger partial charge is 0.312 e. The minimum Gasteiger partial charge on any atom is -0.377 e. The Hall–Kier alpha value is -0.810. The van der Waals surface area contributed by atoms with Crippen molar-refractivity contribution in [3.05, 3.63) is 0 Å². The molecule has 0 radical (unpaired) electrons. The van der Waals surface area contributed by atoms with Gasteiger partial charge >= 0.3 is 6.03 Å². The average molecular weight is 227 g/mol. The number of carbonyl (C=O) groups excluding carboxylic acids is 1. The molecule has 0 saturated carbocycles. The van der Waals surface area contributed by atoms with Gasteiger partial charge < -0.3 is 20.7 Å². The zero-order chi connectivity index (χ0) is 11.4. The Bertz CT molecular complexity index is 233. The second-order valence-corrected chi connectivity index (χ2v) is 4.72. The maximum absolute atomic E-state index is 10.7. The van der Waals surface area contributed by atoms with E-state index in [-0.39, 0.29) is 6.04 Å². The molecule has 5 heteroatoms. The van der Waals surface area contributed by atoms with Crippen molar-refractivity contribution in [2.75, 3.05) is 26.2 Å². The molecule has 2 rings (SSSR count). The topological polar surface area (TPSA) is 67.6 Å². The number of nitrogens with zero attached hydrogens (tertiary/aromatic N) is 1. The first-order valence-electron chi connectivity index (χ1n) is 6.14. The molecule has 16 heavy (non-hydrogen) atoms. The number of hydrogen-bond donors (Lipinski definition) is 2. The van der Waals surface area contributed by atoms with Crippen molar-refractivity contribution >= 4 is 6.03 Å². The van der Waals surface area contributed by atoms with Gasteiger partial charge in [-0.1, -0.05) is 0 Å². The fourth-order valence-electron chi connectivity index (χ4n) is 2.54. The number of ether oxygens (including phenoxy) is 1. The van der Waals surface area contributed by atoms with E-state index >= 15 is 0 Å². The lowest BCUT2D eigenvalue weighted by atomic mass is 10.0. The Labute approximate surface area is 96.3 Å². The zero-order valence-electron chi connectivity index (χ0n) is 9.65. The summed E-state index contributed by atoms with van der Waals surface area (Å²) in [5, 5.41) is 2.78. The summed E-state index contributed by atoms with van der Waals surface area (Å²) in [5.74, 6) is 0. The number of piperidine rings is 1. The van der Waals surface area contributed by atoms with Crippen molar-refractivity contribution in [3.8, 4) is 0 Å². The van der Waals surface area contributed by atoms with Crippen LogP contribution >= 0.6 is 0 Å². The van der Waals surface area contributed by atoms with Crippen molar-refractivity contribution in [2.45, 2.75) is 37.8 Å². The molecule has 1 unspecified atom stereocenters. The third kappa shape index (κ3) is 3.35. The monoisotopic (exact) mass is 227 g/mol. The number of amides is 2. The highest BCUT2D eigenvalue weighted by atomic mass is 16.5. The van der Waals surface area contributed by atoms with Crippen LogP contribution in [0.25, 0.3) is 0 Å². The van der Waals surface area contributed by atoms with Gasteiger partial charge in [0.2, 0.25) is 0 Å². The summed E-state index contributed by atoms with van der Waals surface area (Å²) in [6.07, 6.45) is 4.82. The molecular weight excluding hydrogens is 206 g/mol. The van der Waals surface area contributed by atoms with Gasteiger partial charge in [0.15, 0.2) is 0 Å². The zero-order valence-corrected chi connectivity index (χ0v) is 9.65. The normalized spacial score (nSPS) is 28.1. The molecule has 0 aromatic carbocycles. The van der Waals surface area contributed by atoms with E-state index in [0.29, 0.717) is 6.10 Å². The third-order valence-corrected chi connectivity index (χ3v) is 3.42. The first-order chi connectivity index (χ1) is 7.74. The van der Waals surface area contributed by atoms with E-state index < -0.39 is 6.03 Å². The maximum Gasteiger partial charge on any atom is 0.312 e. The molecule has 1 atom stereocenters. The van der Waals surface area contributed by atoms with Crippen LogP contribution in [0.2, 0.25) is 0 Å². The second-order valence-electron chi connectivity index (χ2n) is 4.72. The van der Waals surface area contributed by atoms with Crippen molar-refractivity contribution in [2.24, 2.45) is 5.73 Å². The molecule has 5 nitrogen and oxygen atoms in total. The second kappa shape index (κ2) is 5.50. The molecule has 2 amide bonds. The predicted octanol–water partition coefficient (Wildman–Crippen LogP) is 0.298. The first kappa shape index (κ1) is 11.7. The predicted molar refractivity (Wildman–Crippen MR) is 61.2 cm³/mol. The summed E-state index contributed by atoms with van der Waals surface area (Å²) in [5.41, 5.74) is 5.11. The molecular formula is C11H21N3O2. The molecule has 0 aromatic rings. The standard InChI is InChI=1S/C11H21N3O2/c12-11(15)13-9-3-5-14(6-4-9)8-10-2-1-7-16-10/h9-10H,1-8H2,(H3,12,13,15). The van der Waals surface area contributed by atoms with Gasteiger partial charge in [-0.3, -0.25) is 0 Å². The van der Waals surface area contributed by atoms with Gasteiger partial charge in [0.1, 0.15) is 0 Å². The summed E-state index contributed by atoms with van der Waals surface area (Å²) < 4.78 is 5.62. The molecule has 2 aliphatic heterocycles. The number of carbonyl (C=O) groups is 1. The van der Waals surface area contributed by atoms with Crippen LogP contribution in [0.3, 0.4) is 0 Å². The molecule has 2 fully saturated rings. The summed E-state index contributed by atoms with van der Waals surface area (Å²) in [6.45, 7) is 4.03. The van der Waals surface area contributed by atoms with Crippen molar-refractivity contribution in [3.63, 3.8) is 0 Å². The number of rotatable bonds is 3. The van der Waals surface area contributed by atoms with Crippen LogP contribution in [0.5, 0.6) is 0 Å². The lowest BCUT2D eigenvalue weighted by molar-refractivity contribution is 0.0633. The number of urea groups is 1. The molecule has 3 N–H and O–H groups in total. The Morgan fingerprint density at radius 2 is 2.12 bits per heavy atom. The van der Waals surface area contributed by atoms with Crippen molar-refractivity contribution < 1.29 is 9.53 Å². The Kier molecular flexibility index (Phi) is 4.01. The number of likely N-dealkylation sites (tertiary alicyclic amines) is 1. The van der Waals surface area contributed by atoms with E-state index in [0.717, 1.165) is 39.1 Å². The maximum atomic E-state index is 10.7. The van der Waals surface area contributed by atoms with Crippen LogP contribution in [-0.2, 0) is 4.74 Å². The Balaban J connectivity index is 1.66. The van der Waals surface area contributed by atoms with Crippen LogP contribution in [0.1, 0.15) is 25.7 Å². The number of nitrogens with two attached hydrogens (primary N) is 1. The lowest BCUT2D eigenvalue weighted by Gasteiger charge is -2.33. The molecule has 0 aliphatic carbocycles. The number of hydrogen-bond acceptors (Lipinski definition) is 3. The van der Waals surface area contributed by atoms with Crippen molar-refractivity contribution in [1.82, 2.24) is 10.2 Å². The summed E-state index contributed by atoms with van der Waals surface area (Å²) in [4.78, 5) is 13.1. The van der Waals surface area contributed by atoms with E-state index in [2.05, 4.69) is 10.2 Å². The fourth-order valence-corrected chi connectivity index (χ4v) is 2.54. The molecule has 0 aromatic heterocycles. The quantitative estimate of drug-likeness (QED) is 0.728. The van der Waals surface area contributed by atoms with Crippen LogP contribution in [0.15, 0.2) is 0 Å². The molecule has 2 heterocycles. The van der Waals surface area contributed by atoms with E-state index in [9.17, 15) is 4.79 Å². The molecule has 0 spiro atoms. The first-order valence-corrected chi connectivity index (χ1v) is 6.14. The average Bonchev–Trinajstić information content (AvgIpc) is 2.73. The van der Waals surface area contributed by atoms with Gasteiger partial charge in [-0.05, 0) is 25.7 Å². The van der Waals surface area contributed by atoms with Crippen LogP contribution in [0.4, 0.5) is 4.79 Å². The summed E-state index contributed by atoms with van der Waals surface area (Å²) in [6, 6.07) is -0.143. The van der Waals surface area contributed by atoms with E-state index in [1.807, 2.05) is 0 Å². The molecule has 0 bridgehead atoms. The van der Waals surface area contributed by atoms with Crippen LogP contribution in [-0.4, -0.2) is 49.3 Å². The van der Waals surface area contributed by atoms with Gasteiger partial charge in [0, 0.05) is 32.3 Å². The molecule has 2 aliphatic rings. The summed E-state index contributed by atoms with van der Waals surface area (Å²) >= 11 is 0. The van der Waals surface area contributed by atoms with Gasteiger partial charge in [-0.25, -0.2) is 4.79 Å². The minimum absolute atomic E-state index is 0.262. The highest BCUT2D eigenvalue weighted by molar-refractivity contribution is 5.71. The Morgan fingerprint density at radius 1 is 1.38 bits per heavy atom. The number of primary amides is 1. The SMILES string of the molecule is NC(=O)NC1CCN(CC2CCCO2)CC1. The van der Waals surface area contributed by atoms with Crippen LogP contribution in [0, 0.1) is 0 Å². The number of nitrogens with one attached hydrogen (secondary N) is 1. The van der Waals surface area contributed by atoms with E-state index in [1.54, 1.807) is 0 Å². The van der Waals surface area contributed by atoms with Gasteiger partial charge in [-0.2, -0.15) is 0 Å². The van der Waals surface area contributed by atoms with Crippen LogP contribution < -0.4 is 11.1 Å². The Morgan fingerprint density at radius 3 is 2.69 bits per heavy atom. The van der Waals surface area contributed by atoms with Crippen molar-refractivity contribution in [1.29, 1.82) is 0 Å². The minimum atomic E-state index is -0.405.